The van der Waals surface area contributed by atoms with Gasteiger partial charge in [0.2, 0.25) is 5.91 Å². The highest BCUT2D eigenvalue weighted by Gasteiger charge is 2.12. The van der Waals surface area contributed by atoms with E-state index in [4.69, 9.17) is 9.47 Å². The van der Waals surface area contributed by atoms with Crippen molar-refractivity contribution in [3.05, 3.63) is 95.6 Å². The predicted molar refractivity (Wildman–Crippen MR) is 129 cm³/mol. The Morgan fingerprint density at radius 3 is 2.09 bits per heavy atom. The number of para-hydroxylation sites is 1. The molecule has 3 amide bonds. The van der Waals surface area contributed by atoms with Crippen molar-refractivity contribution in [1.82, 2.24) is 10.6 Å². The van der Waals surface area contributed by atoms with Crippen molar-refractivity contribution in [3.63, 3.8) is 0 Å². The highest BCUT2D eigenvalue weighted by atomic mass is 16.7. The number of anilines is 1. The molecule has 0 fully saturated rings. The average Bonchev–Trinajstić information content (AvgIpc) is 2.87. The van der Waals surface area contributed by atoms with Crippen molar-refractivity contribution >= 4 is 29.6 Å². The van der Waals surface area contributed by atoms with Crippen molar-refractivity contribution in [2.45, 2.75) is 13.5 Å². The van der Waals surface area contributed by atoms with Gasteiger partial charge in [-0.3, -0.25) is 14.4 Å². The maximum Gasteiger partial charge on any atom is 0.513 e. The molecule has 0 bridgehead atoms. The molecule has 180 valence electrons. The first-order valence-corrected chi connectivity index (χ1v) is 10.9. The lowest BCUT2D eigenvalue weighted by atomic mass is 10.1. The van der Waals surface area contributed by atoms with Crippen LogP contribution in [0, 0.1) is 0 Å². The van der Waals surface area contributed by atoms with Gasteiger partial charge < -0.3 is 25.4 Å². The van der Waals surface area contributed by atoms with Gasteiger partial charge in [-0.05, 0) is 55.0 Å². The highest BCUT2D eigenvalue weighted by Crippen LogP contribution is 2.16. The minimum Gasteiger partial charge on any atom is -0.434 e. The van der Waals surface area contributed by atoms with Gasteiger partial charge in [-0.2, -0.15) is 0 Å². The molecular weight excluding hydrogens is 450 g/mol. The molecule has 0 aliphatic rings. The quantitative estimate of drug-likeness (QED) is 0.321. The second kappa shape index (κ2) is 12.5. The van der Waals surface area contributed by atoms with Crippen LogP contribution in [0.3, 0.4) is 0 Å². The molecule has 0 saturated heterocycles. The molecule has 9 heteroatoms. The molecule has 9 nitrogen and oxygen atoms in total. The van der Waals surface area contributed by atoms with E-state index in [0.717, 1.165) is 0 Å². The predicted octanol–water partition coefficient (Wildman–Crippen LogP) is 3.52. The Labute approximate surface area is 202 Å². The Hall–Kier alpha value is -4.66. The lowest BCUT2D eigenvalue weighted by molar-refractivity contribution is -0.115. The lowest BCUT2D eigenvalue weighted by Crippen LogP contribution is -2.33. The molecule has 0 radical (unpaired) electrons. The van der Waals surface area contributed by atoms with E-state index < -0.39 is 12.1 Å². The number of hydrogen-bond acceptors (Lipinski definition) is 6. The molecular formula is C26H25N3O6. The van der Waals surface area contributed by atoms with Crippen LogP contribution in [0.15, 0.2) is 78.9 Å². The van der Waals surface area contributed by atoms with Crippen LogP contribution in [0.2, 0.25) is 0 Å². The number of carbonyl (C=O) groups excluding carboxylic acids is 4. The Morgan fingerprint density at radius 1 is 0.743 bits per heavy atom. The van der Waals surface area contributed by atoms with Gasteiger partial charge in [0.1, 0.15) is 5.75 Å². The van der Waals surface area contributed by atoms with Gasteiger partial charge in [-0.15, -0.1) is 0 Å². The van der Waals surface area contributed by atoms with Gasteiger partial charge in [0.15, 0.2) is 0 Å². The van der Waals surface area contributed by atoms with Crippen molar-refractivity contribution in [2.75, 3.05) is 18.5 Å². The Bertz CT molecular complexity index is 1180. The fourth-order valence-electron chi connectivity index (χ4n) is 3.04. The van der Waals surface area contributed by atoms with Crippen molar-refractivity contribution in [1.29, 1.82) is 0 Å². The third-order valence-corrected chi connectivity index (χ3v) is 4.76. The molecule has 0 heterocycles. The third-order valence-electron chi connectivity index (χ3n) is 4.76. The van der Waals surface area contributed by atoms with Crippen LogP contribution in [0.1, 0.15) is 33.2 Å². The Kier molecular flexibility index (Phi) is 8.95. The first-order chi connectivity index (χ1) is 17.0. The van der Waals surface area contributed by atoms with Crippen LogP contribution in [-0.2, 0) is 16.1 Å². The largest absolute Gasteiger partial charge is 0.513 e. The van der Waals surface area contributed by atoms with Gasteiger partial charge in [-0.1, -0.05) is 36.4 Å². The molecule has 3 aromatic carbocycles. The summed E-state index contributed by atoms with van der Waals surface area (Å²) in [5, 5.41) is 8.11. The van der Waals surface area contributed by atoms with Gasteiger partial charge >= 0.3 is 6.16 Å². The molecule has 0 unspecified atom stereocenters. The summed E-state index contributed by atoms with van der Waals surface area (Å²) in [5.74, 6) is -0.832. The topological polar surface area (TPSA) is 123 Å². The van der Waals surface area contributed by atoms with Gasteiger partial charge in [0.25, 0.3) is 11.8 Å². The fourth-order valence-corrected chi connectivity index (χ4v) is 3.04. The molecule has 0 aliphatic carbocycles. The second-order valence-electron chi connectivity index (χ2n) is 7.25. The summed E-state index contributed by atoms with van der Waals surface area (Å²) in [5.41, 5.74) is 2.03. The number of rotatable bonds is 9. The third kappa shape index (κ3) is 7.71. The number of hydrogen-bond donors (Lipinski definition) is 3. The fraction of sp³-hybridized carbons (Fsp3) is 0.154. The van der Waals surface area contributed by atoms with Crippen molar-refractivity contribution in [2.24, 2.45) is 0 Å². The minimum absolute atomic E-state index is 0.159. The highest BCUT2D eigenvalue weighted by molar-refractivity contribution is 5.99. The summed E-state index contributed by atoms with van der Waals surface area (Å²) in [4.78, 5) is 48.4. The summed E-state index contributed by atoms with van der Waals surface area (Å²) < 4.78 is 9.68. The van der Waals surface area contributed by atoms with Gasteiger partial charge in [0.05, 0.1) is 13.2 Å². The number of amides is 3. The Balaban J connectivity index is 1.52. The normalized spacial score (nSPS) is 10.1. The minimum atomic E-state index is -0.817. The van der Waals surface area contributed by atoms with E-state index in [9.17, 15) is 19.2 Å². The first-order valence-electron chi connectivity index (χ1n) is 10.9. The summed E-state index contributed by atoms with van der Waals surface area (Å²) in [6.07, 6.45) is -0.817. The molecule has 0 aromatic heterocycles. The summed E-state index contributed by atoms with van der Waals surface area (Å²) in [6.45, 7) is 1.83. The van der Waals surface area contributed by atoms with E-state index in [0.29, 0.717) is 22.4 Å². The zero-order valence-corrected chi connectivity index (χ0v) is 19.1. The van der Waals surface area contributed by atoms with Crippen LogP contribution in [0.4, 0.5) is 10.5 Å². The molecule has 0 atom stereocenters. The van der Waals surface area contributed by atoms with Crippen LogP contribution < -0.4 is 20.7 Å². The molecule has 0 saturated carbocycles. The average molecular weight is 476 g/mol. The smallest absolute Gasteiger partial charge is 0.434 e. The summed E-state index contributed by atoms with van der Waals surface area (Å²) in [7, 11) is 0. The van der Waals surface area contributed by atoms with E-state index in [-0.39, 0.29) is 37.3 Å². The van der Waals surface area contributed by atoms with E-state index in [1.54, 1.807) is 61.5 Å². The van der Waals surface area contributed by atoms with Crippen LogP contribution >= 0.6 is 0 Å². The number of nitrogens with one attached hydrogen (secondary N) is 3. The number of carbonyl (C=O) groups is 4. The summed E-state index contributed by atoms with van der Waals surface area (Å²) >= 11 is 0. The maximum atomic E-state index is 12.5. The van der Waals surface area contributed by atoms with Crippen molar-refractivity contribution in [3.8, 4) is 5.75 Å². The number of benzene rings is 3. The SMILES string of the molecule is CCOC(=O)Oc1ccc(C(=O)NCc2ccccc2NC(=O)CNC(=O)c2ccccc2)cc1. The van der Waals surface area contributed by atoms with Crippen LogP contribution in [0.25, 0.3) is 0 Å². The molecule has 3 N–H and O–H groups in total. The molecule has 3 aromatic rings. The van der Waals surface area contributed by atoms with E-state index in [1.807, 2.05) is 0 Å². The van der Waals surface area contributed by atoms with Gasteiger partial charge in [-0.25, -0.2) is 4.79 Å². The monoisotopic (exact) mass is 475 g/mol. The maximum absolute atomic E-state index is 12.5. The Morgan fingerprint density at radius 2 is 1.37 bits per heavy atom. The molecule has 0 spiro atoms. The zero-order valence-electron chi connectivity index (χ0n) is 19.1. The van der Waals surface area contributed by atoms with Gasteiger partial charge in [0, 0.05) is 23.4 Å². The standard InChI is InChI=1S/C26H25N3O6/c1-2-34-26(33)35-21-14-12-19(13-15-21)25(32)27-16-20-10-6-7-11-22(20)29-23(30)17-28-24(31)18-8-4-3-5-9-18/h3-15H,2,16-17H2,1H3,(H,27,32)(H,28,31)(H,29,30). The molecule has 35 heavy (non-hydrogen) atoms. The van der Waals surface area contributed by atoms with Crippen molar-refractivity contribution < 1.29 is 28.7 Å². The zero-order chi connectivity index (χ0) is 25.0. The second-order valence-corrected chi connectivity index (χ2v) is 7.25. The lowest BCUT2D eigenvalue weighted by Gasteiger charge is -2.13. The van der Waals surface area contributed by atoms with E-state index >= 15 is 0 Å². The van der Waals surface area contributed by atoms with E-state index in [1.165, 1.54) is 24.3 Å². The van der Waals surface area contributed by atoms with Crippen LogP contribution in [-0.4, -0.2) is 37.0 Å². The van der Waals surface area contributed by atoms with E-state index in [2.05, 4.69) is 16.0 Å². The number of ether oxygens (including phenoxy) is 2. The molecule has 0 aliphatic heterocycles. The first kappa shape index (κ1) is 25.0. The molecule has 3 rings (SSSR count). The van der Waals surface area contributed by atoms with Crippen LogP contribution in [0.5, 0.6) is 5.75 Å². The summed E-state index contributed by atoms with van der Waals surface area (Å²) in [6, 6.07) is 21.6.